The number of benzene rings is 1. The van der Waals surface area contributed by atoms with Crippen molar-refractivity contribution >= 4 is 28.2 Å². The van der Waals surface area contributed by atoms with Gasteiger partial charge in [-0.15, -0.1) is 0 Å². The number of carbonyl (C=O) groups is 1. The van der Waals surface area contributed by atoms with Crippen LogP contribution in [-0.4, -0.2) is 20.4 Å². The van der Waals surface area contributed by atoms with E-state index in [1.165, 1.54) is 29.1 Å². The van der Waals surface area contributed by atoms with Crippen LogP contribution in [0.2, 0.25) is 0 Å². The third-order valence-corrected chi connectivity index (χ3v) is 4.57. The zero-order valence-corrected chi connectivity index (χ0v) is 13.4. The Morgan fingerprint density at radius 2 is 2.00 bits per heavy atom. The fourth-order valence-electron chi connectivity index (χ4n) is 2.36. The van der Waals surface area contributed by atoms with Gasteiger partial charge in [-0.05, 0) is 19.1 Å². The number of aromatic nitrogens is 3. The van der Waals surface area contributed by atoms with Crippen molar-refractivity contribution in [1.82, 2.24) is 14.6 Å². The van der Waals surface area contributed by atoms with Gasteiger partial charge in [-0.3, -0.25) is 9.59 Å². The molecule has 24 heavy (non-hydrogen) atoms. The number of furan rings is 1. The molecule has 118 valence electrons. The van der Waals surface area contributed by atoms with Crippen LogP contribution in [-0.2, 0) is 0 Å². The van der Waals surface area contributed by atoms with Crippen molar-refractivity contribution in [2.75, 3.05) is 0 Å². The van der Waals surface area contributed by atoms with Crippen LogP contribution in [0.4, 0.5) is 0 Å². The third-order valence-electron chi connectivity index (χ3n) is 3.60. The summed E-state index contributed by atoms with van der Waals surface area (Å²) in [6.07, 6.45) is 3.03. The summed E-state index contributed by atoms with van der Waals surface area (Å²) in [5, 5.41) is 3.88. The van der Waals surface area contributed by atoms with Crippen LogP contribution in [0.3, 0.4) is 0 Å². The molecule has 3 aromatic heterocycles. The lowest BCUT2D eigenvalue weighted by Gasteiger charge is -1.98. The van der Waals surface area contributed by atoms with Gasteiger partial charge in [0.05, 0.1) is 0 Å². The Morgan fingerprint density at radius 3 is 2.71 bits per heavy atom. The first kappa shape index (κ1) is 14.5. The number of ketones is 1. The van der Waals surface area contributed by atoms with Gasteiger partial charge in [0.25, 0.3) is 5.56 Å². The average molecular weight is 337 g/mol. The molecule has 0 aliphatic heterocycles. The van der Waals surface area contributed by atoms with Gasteiger partial charge in [0.2, 0.25) is 4.96 Å². The number of fused-ring (bicyclic) bond motifs is 1. The van der Waals surface area contributed by atoms with Crippen LogP contribution in [0.1, 0.15) is 23.0 Å². The highest BCUT2D eigenvalue weighted by Gasteiger charge is 2.08. The monoisotopic (exact) mass is 337 g/mol. The van der Waals surface area contributed by atoms with Gasteiger partial charge in [-0.25, -0.2) is 4.98 Å². The van der Waals surface area contributed by atoms with Gasteiger partial charge in [-0.2, -0.15) is 9.61 Å². The topological polar surface area (TPSA) is 77.5 Å². The van der Waals surface area contributed by atoms with Crippen LogP contribution in [0.5, 0.6) is 0 Å². The molecule has 0 aliphatic carbocycles. The number of hydrogen-bond acceptors (Lipinski definition) is 6. The number of carbonyl (C=O) groups excluding carboxylic acids is 1. The van der Waals surface area contributed by atoms with Crippen molar-refractivity contribution in [1.29, 1.82) is 0 Å². The molecule has 4 rings (SSSR count). The van der Waals surface area contributed by atoms with Crippen molar-refractivity contribution in [3.63, 3.8) is 0 Å². The maximum absolute atomic E-state index is 12.1. The van der Waals surface area contributed by atoms with E-state index in [2.05, 4.69) is 10.1 Å². The van der Waals surface area contributed by atoms with Gasteiger partial charge in [-0.1, -0.05) is 35.6 Å². The van der Waals surface area contributed by atoms with E-state index >= 15 is 0 Å². The Balaban J connectivity index is 1.71. The Morgan fingerprint density at radius 1 is 1.21 bits per heavy atom. The van der Waals surface area contributed by atoms with Crippen LogP contribution in [0.15, 0.2) is 51.9 Å². The number of nitrogens with zero attached hydrogens (tertiary/aromatic N) is 3. The smallest absolute Gasteiger partial charge is 0.291 e. The van der Waals surface area contributed by atoms with Crippen LogP contribution in [0, 0.1) is 0 Å². The predicted octanol–water partition coefficient (Wildman–Crippen LogP) is 2.16. The molecule has 0 unspecified atom stereocenters. The van der Waals surface area contributed by atoms with Gasteiger partial charge in [0.1, 0.15) is 22.4 Å². The lowest BCUT2D eigenvalue weighted by Crippen LogP contribution is -2.23. The second kappa shape index (κ2) is 5.54. The maximum Gasteiger partial charge on any atom is 0.291 e. The fraction of sp³-hybridized carbons (Fsp3) is 0.0588. The quantitative estimate of drug-likeness (QED) is 0.535. The summed E-state index contributed by atoms with van der Waals surface area (Å²) in [5.41, 5.74) is 1.31. The highest BCUT2D eigenvalue weighted by atomic mass is 32.1. The van der Waals surface area contributed by atoms with E-state index in [9.17, 15) is 9.59 Å². The minimum atomic E-state index is -0.212. The molecule has 1 aromatic carbocycles. The Hall–Kier alpha value is -3.06. The van der Waals surface area contributed by atoms with E-state index in [1.54, 1.807) is 24.3 Å². The van der Waals surface area contributed by atoms with Crippen molar-refractivity contribution in [2.24, 2.45) is 0 Å². The van der Waals surface area contributed by atoms with Crippen molar-refractivity contribution < 1.29 is 9.21 Å². The molecule has 4 aromatic rings. The number of hydrogen-bond donors (Lipinski definition) is 0. The average Bonchev–Trinajstić information content (AvgIpc) is 3.28. The standard InChI is InChI=1S/C17H11N3O3S/c1-10(21)11-2-4-12(5-3-11)14-7-6-13(23-14)8-15-16(22)20-17(24-15)18-9-19-20/h2-9H,1H3. The van der Waals surface area contributed by atoms with Crippen molar-refractivity contribution in [3.8, 4) is 11.3 Å². The van der Waals surface area contributed by atoms with Gasteiger partial charge < -0.3 is 4.42 Å². The zero-order valence-electron chi connectivity index (χ0n) is 12.6. The minimum absolute atomic E-state index is 0.0225. The van der Waals surface area contributed by atoms with E-state index in [0.717, 1.165) is 5.56 Å². The molecule has 7 heteroatoms. The molecule has 0 fully saturated rings. The molecule has 0 spiro atoms. The van der Waals surface area contributed by atoms with Crippen LogP contribution in [0.25, 0.3) is 22.4 Å². The predicted molar refractivity (Wildman–Crippen MR) is 90.1 cm³/mol. The number of thiazole rings is 1. The van der Waals surface area contributed by atoms with Gasteiger partial charge >= 0.3 is 0 Å². The summed E-state index contributed by atoms with van der Waals surface area (Å²) in [6, 6.07) is 10.8. The van der Waals surface area contributed by atoms with E-state index in [0.29, 0.717) is 26.6 Å². The molecule has 3 heterocycles. The fourth-order valence-corrected chi connectivity index (χ4v) is 3.22. The Labute approximate surface area is 139 Å². The van der Waals surface area contributed by atoms with Crippen molar-refractivity contribution in [3.05, 3.63) is 68.9 Å². The molecule has 0 amide bonds. The third kappa shape index (κ3) is 2.44. The molecule has 0 saturated heterocycles. The Bertz CT molecular complexity index is 1150. The molecule has 0 radical (unpaired) electrons. The molecule has 0 aliphatic rings. The summed E-state index contributed by atoms with van der Waals surface area (Å²) in [7, 11) is 0. The van der Waals surface area contributed by atoms with Crippen molar-refractivity contribution in [2.45, 2.75) is 6.92 Å². The van der Waals surface area contributed by atoms with Gasteiger partial charge in [0.15, 0.2) is 5.78 Å². The molecule has 6 nitrogen and oxygen atoms in total. The van der Waals surface area contributed by atoms with E-state index < -0.39 is 0 Å². The maximum atomic E-state index is 12.1. The summed E-state index contributed by atoms with van der Waals surface area (Å²) in [6.45, 7) is 1.53. The highest BCUT2D eigenvalue weighted by molar-refractivity contribution is 7.15. The highest BCUT2D eigenvalue weighted by Crippen LogP contribution is 2.23. The normalized spacial score (nSPS) is 12.1. The zero-order chi connectivity index (χ0) is 16.7. The van der Waals surface area contributed by atoms with E-state index in [4.69, 9.17) is 4.42 Å². The van der Waals surface area contributed by atoms with E-state index in [1.807, 2.05) is 18.2 Å². The second-order valence-electron chi connectivity index (χ2n) is 5.21. The van der Waals surface area contributed by atoms with Crippen LogP contribution < -0.4 is 10.1 Å². The number of rotatable bonds is 3. The Kier molecular flexibility index (Phi) is 3.35. The summed E-state index contributed by atoms with van der Waals surface area (Å²) < 4.78 is 7.56. The molecule has 0 atom stereocenters. The minimum Gasteiger partial charge on any atom is -0.457 e. The first-order valence-corrected chi connectivity index (χ1v) is 7.99. The second-order valence-corrected chi connectivity index (χ2v) is 6.21. The molecule has 0 N–H and O–H groups in total. The van der Waals surface area contributed by atoms with Crippen LogP contribution >= 0.6 is 11.3 Å². The SMILES string of the molecule is CC(=O)c1ccc(-c2ccc(C=c3sc4ncnn4c3=O)o2)cc1. The molecular weight excluding hydrogens is 326 g/mol. The summed E-state index contributed by atoms with van der Waals surface area (Å²) >= 11 is 1.26. The molecular formula is C17H11N3O3S. The first-order valence-electron chi connectivity index (χ1n) is 7.17. The van der Waals surface area contributed by atoms with E-state index in [-0.39, 0.29) is 11.3 Å². The molecule has 0 saturated carbocycles. The molecule has 0 bridgehead atoms. The first-order chi connectivity index (χ1) is 11.6. The van der Waals surface area contributed by atoms with Gasteiger partial charge in [0, 0.05) is 17.2 Å². The summed E-state index contributed by atoms with van der Waals surface area (Å²) in [5.74, 6) is 1.26. The number of Topliss-reactive ketones (excluding diaryl/α,β-unsaturated/α-hetero) is 1. The summed E-state index contributed by atoms with van der Waals surface area (Å²) in [4.78, 5) is 28.0. The lowest BCUT2D eigenvalue weighted by atomic mass is 10.1. The lowest BCUT2D eigenvalue weighted by molar-refractivity contribution is 0.101. The largest absolute Gasteiger partial charge is 0.457 e.